The second kappa shape index (κ2) is 4.43. The number of rotatable bonds is 1. The number of hydrogen-bond donors (Lipinski definition) is 1. The highest BCUT2D eigenvalue weighted by Crippen LogP contribution is 2.34. The molecule has 3 heteroatoms. The Kier molecular flexibility index (Phi) is 3.24. The summed E-state index contributed by atoms with van der Waals surface area (Å²) in [5, 5.41) is 5.00. The summed E-state index contributed by atoms with van der Waals surface area (Å²) in [6.07, 6.45) is 0. The predicted molar refractivity (Wildman–Crippen MR) is 79.7 cm³/mol. The highest BCUT2D eigenvalue weighted by molar-refractivity contribution is 6.35. The lowest BCUT2D eigenvalue weighted by Crippen LogP contribution is -2.15. The molecule has 1 N–H and O–H groups in total. The summed E-state index contributed by atoms with van der Waals surface area (Å²) in [7, 11) is 1.90. The maximum Gasteiger partial charge on any atom is 0.130 e. The molecular formula is C15H19ClN2. The number of benzene rings is 1. The average molecular weight is 263 g/mol. The minimum Gasteiger partial charge on any atom is -0.373 e. The van der Waals surface area contributed by atoms with Crippen LogP contribution in [-0.4, -0.2) is 12.0 Å². The summed E-state index contributed by atoms with van der Waals surface area (Å²) in [5.74, 6) is 0.905. The number of aryl methyl sites for hydroxylation is 1. The molecule has 1 aromatic carbocycles. The molecular weight excluding hydrogens is 244 g/mol. The number of fused-ring (bicyclic) bond motifs is 1. The first-order valence-corrected chi connectivity index (χ1v) is 6.50. The molecule has 0 saturated heterocycles. The van der Waals surface area contributed by atoms with E-state index >= 15 is 0 Å². The molecule has 0 bridgehead atoms. The zero-order valence-corrected chi connectivity index (χ0v) is 12.3. The zero-order chi connectivity index (χ0) is 13.5. The fourth-order valence-electron chi connectivity index (χ4n) is 2.13. The standard InChI is InChI=1S/C15H19ClN2/c1-9-6-7-12(16)13-10(9)8-11(15(2,3)4)14(17-5)18-13/h6-8H,1-5H3,(H,17,18). The Morgan fingerprint density at radius 2 is 1.89 bits per heavy atom. The van der Waals surface area contributed by atoms with Gasteiger partial charge in [0.25, 0.3) is 0 Å². The van der Waals surface area contributed by atoms with Crippen molar-refractivity contribution in [1.82, 2.24) is 4.98 Å². The third kappa shape index (κ3) is 2.17. The Bertz CT molecular complexity index is 597. The third-order valence-electron chi connectivity index (χ3n) is 3.20. The fourth-order valence-corrected chi connectivity index (χ4v) is 2.33. The van der Waals surface area contributed by atoms with Crippen LogP contribution in [0.3, 0.4) is 0 Å². The SMILES string of the molecule is CNc1nc2c(Cl)ccc(C)c2cc1C(C)(C)C. The van der Waals surface area contributed by atoms with Crippen LogP contribution in [-0.2, 0) is 5.41 Å². The van der Waals surface area contributed by atoms with Crippen molar-refractivity contribution in [1.29, 1.82) is 0 Å². The number of nitrogens with one attached hydrogen (secondary N) is 1. The van der Waals surface area contributed by atoms with Crippen LogP contribution in [0.1, 0.15) is 31.9 Å². The molecule has 96 valence electrons. The van der Waals surface area contributed by atoms with E-state index in [-0.39, 0.29) is 5.41 Å². The molecule has 0 fully saturated rings. The summed E-state index contributed by atoms with van der Waals surface area (Å²) in [5.41, 5.74) is 3.33. The first-order valence-electron chi connectivity index (χ1n) is 6.12. The quantitative estimate of drug-likeness (QED) is 0.816. The minimum absolute atomic E-state index is 0.0499. The van der Waals surface area contributed by atoms with E-state index in [1.54, 1.807) is 0 Å². The average Bonchev–Trinajstić information content (AvgIpc) is 2.31. The Morgan fingerprint density at radius 3 is 2.44 bits per heavy atom. The van der Waals surface area contributed by atoms with E-state index in [9.17, 15) is 0 Å². The van der Waals surface area contributed by atoms with Gasteiger partial charge in [-0.15, -0.1) is 0 Å². The zero-order valence-electron chi connectivity index (χ0n) is 11.6. The summed E-state index contributed by atoms with van der Waals surface area (Å²) < 4.78 is 0. The van der Waals surface area contributed by atoms with E-state index in [0.717, 1.165) is 16.7 Å². The molecule has 0 saturated carbocycles. The minimum atomic E-state index is 0.0499. The summed E-state index contributed by atoms with van der Waals surface area (Å²) in [4.78, 5) is 4.68. The molecule has 0 spiro atoms. The number of hydrogen-bond acceptors (Lipinski definition) is 2. The largest absolute Gasteiger partial charge is 0.373 e. The monoisotopic (exact) mass is 262 g/mol. The van der Waals surface area contributed by atoms with Gasteiger partial charge in [-0.05, 0) is 30.0 Å². The van der Waals surface area contributed by atoms with Crippen LogP contribution in [0.2, 0.25) is 5.02 Å². The first-order chi connectivity index (χ1) is 8.34. The first kappa shape index (κ1) is 13.2. The van der Waals surface area contributed by atoms with Gasteiger partial charge in [-0.3, -0.25) is 0 Å². The predicted octanol–water partition coefficient (Wildman–Crippen LogP) is 4.54. The number of aromatic nitrogens is 1. The molecule has 1 heterocycles. The summed E-state index contributed by atoms with van der Waals surface area (Å²) >= 11 is 6.23. The lowest BCUT2D eigenvalue weighted by molar-refractivity contribution is 0.591. The van der Waals surface area contributed by atoms with Crippen molar-refractivity contribution >= 4 is 28.3 Å². The van der Waals surface area contributed by atoms with Crippen LogP contribution < -0.4 is 5.32 Å². The highest BCUT2D eigenvalue weighted by atomic mass is 35.5. The van der Waals surface area contributed by atoms with Gasteiger partial charge in [-0.2, -0.15) is 0 Å². The molecule has 0 aliphatic rings. The molecule has 2 aromatic rings. The van der Waals surface area contributed by atoms with Crippen LogP contribution in [0.25, 0.3) is 10.9 Å². The molecule has 0 aliphatic carbocycles. The maximum atomic E-state index is 6.23. The van der Waals surface area contributed by atoms with Crippen LogP contribution in [0.5, 0.6) is 0 Å². The van der Waals surface area contributed by atoms with Gasteiger partial charge in [0, 0.05) is 18.0 Å². The third-order valence-corrected chi connectivity index (χ3v) is 3.50. The van der Waals surface area contributed by atoms with Crippen molar-refractivity contribution in [2.24, 2.45) is 0 Å². The van der Waals surface area contributed by atoms with Gasteiger partial charge < -0.3 is 5.32 Å². The van der Waals surface area contributed by atoms with Gasteiger partial charge in [0.05, 0.1) is 10.5 Å². The lowest BCUT2D eigenvalue weighted by atomic mass is 9.86. The van der Waals surface area contributed by atoms with Crippen molar-refractivity contribution in [3.63, 3.8) is 0 Å². The molecule has 0 unspecified atom stereocenters. The topological polar surface area (TPSA) is 24.9 Å². The van der Waals surface area contributed by atoms with Gasteiger partial charge in [0.15, 0.2) is 0 Å². The fraction of sp³-hybridized carbons (Fsp3) is 0.400. The van der Waals surface area contributed by atoms with E-state index in [4.69, 9.17) is 11.6 Å². The van der Waals surface area contributed by atoms with Crippen LogP contribution in [0.4, 0.5) is 5.82 Å². The van der Waals surface area contributed by atoms with Crippen molar-refractivity contribution < 1.29 is 0 Å². The number of pyridine rings is 1. The lowest BCUT2D eigenvalue weighted by Gasteiger charge is -2.23. The van der Waals surface area contributed by atoms with E-state index in [1.807, 2.05) is 19.2 Å². The van der Waals surface area contributed by atoms with Gasteiger partial charge in [-0.1, -0.05) is 38.4 Å². The molecule has 0 amide bonds. The van der Waals surface area contributed by atoms with Crippen molar-refractivity contribution in [2.45, 2.75) is 33.1 Å². The van der Waals surface area contributed by atoms with E-state index in [2.05, 4.69) is 44.1 Å². The molecule has 0 aliphatic heterocycles. The molecule has 2 nitrogen and oxygen atoms in total. The number of anilines is 1. The van der Waals surface area contributed by atoms with Crippen molar-refractivity contribution in [3.05, 3.63) is 34.3 Å². The van der Waals surface area contributed by atoms with Gasteiger partial charge in [-0.25, -0.2) is 4.98 Å². The number of nitrogens with zero attached hydrogens (tertiary/aromatic N) is 1. The molecule has 0 radical (unpaired) electrons. The van der Waals surface area contributed by atoms with Gasteiger partial charge >= 0.3 is 0 Å². The molecule has 18 heavy (non-hydrogen) atoms. The Balaban J connectivity index is 2.86. The second-order valence-electron chi connectivity index (χ2n) is 5.64. The maximum absolute atomic E-state index is 6.23. The summed E-state index contributed by atoms with van der Waals surface area (Å²) in [6.45, 7) is 8.66. The molecule has 2 rings (SSSR count). The van der Waals surface area contributed by atoms with E-state index < -0.39 is 0 Å². The van der Waals surface area contributed by atoms with Crippen LogP contribution in [0, 0.1) is 6.92 Å². The van der Waals surface area contributed by atoms with E-state index in [0.29, 0.717) is 5.02 Å². The molecule has 1 aromatic heterocycles. The normalized spacial score (nSPS) is 11.9. The van der Waals surface area contributed by atoms with Crippen molar-refractivity contribution in [2.75, 3.05) is 12.4 Å². The Morgan fingerprint density at radius 1 is 1.22 bits per heavy atom. The van der Waals surface area contributed by atoms with E-state index in [1.165, 1.54) is 11.1 Å². The van der Waals surface area contributed by atoms with Crippen LogP contribution in [0.15, 0.2) is 18.2 Å². The Labute approximate surface area is 113 Å². The van der Waals surface area contributed by atoms with Crippen molar-refractivity contribution in [3.8, 4) is 0 Å². The number of halogens is 1. The smallest absolute Gasteiger partial charge is 0.130 e. The van der Waals surface area contributed by atoms with Gasteiger partial charge in [0.2, 0.25) is 0 Å². The molecule has 0 atom stereocenters. The Hall–Kier alpha value is -1.28. The second-order valence-corrected chi connectivity index (χ2v) is 6.05. The van der Waals surface area contributed by atoms with Crippen LogP contribution >= 0.6 is 11.6 Å². The highest BCUT2D eigenvalue weighted by Gasteiger charge is 2.20. The van der Waals surface area contributed by atoms with Gasteiger partial charge in [0.1, 0.15) is 5.82 Å². The summed E-state index contributed by atoms with van der Waals surface area (Å²) in [6, 6.07) is 6.15.